The van der Waals surface area contributed by atoms with Crippen LogP contribution >= 0.6 is 0 Å². The molecule has 5 rings (SSSR count). The Morgan fingerprint density at radius 1 is 1.08 bits per heavy atom. The Balaban J connectivity index is 1.58. The van der Waals surface area contributed by atoms with Crippen LogP contribution in [0.3, 0.4) is 0 Å². The quantitative estimate of drug-likeness (QED) is 0.464. The van der Waals surface area contributed by atoms with E-state index in [-0.39, 0.29) is 10.9 Å². The molecule has 2 aliphatic heterocycles. The molecule has 0 radical (unpaired) electrons. The van der Waals surface area contributed by atoms with E-state index in [4.69, 9.17) is 14.2 Å². The van der Waals surface area contributed by atoms with Crippen molar-refractivity contribution < 1.29 is 27.4 Å². The van der Waals surface area contributed by atoms with Crippen LogP contribution in [0.25, 0.3) is 11.3 Å². The number of carbonyl (C=O) groups is 1. The van der Waals surface area contributed by atoms with Gasteiger partial charge in [0.25, 0.3) is 5.88 Å². The molecule has 13 heteroatoms. The van der Waals surface area contributed by atoms with Gasteiger partial charge in [-0.25, -0.2) is 23.4 Å². The Morgan fingerprint density at radius 2 is 1.85 bits per heavy atom. The zero-order valence-electron chi connectivity index (χ0n) is 22.1. The Hall–Kier alpha value is -3.97. The lowest BCUT2D eigenvalue weighted by Crippen LogP contribution is -2.39. The van der Waals surface area contributed by atoms with E-state index in [1.165, 1.54) is 6.92 Å². The minimum Gasteiger partial charge on any atom is -0.484 e. The number of rotatable bonds is 6. The SMILES string of the molecule is CC(=O)Nc1cc(Nc2cc(N3CCOCC3)cc(S(C)(=O)=O)n2)c(-c2ccc3c(n2)OC(C)(C)CO3)cn1. The Kier molecular flexibility index (Phi) is 7.03. The summed E-state index contributed by atoms with van der Waals surface area (Å²) in [4.78, 5) is 27.2. The van der Waals surface area contributed by atoms with Crippen LogP contribution in [0.1, 0.15) is 20.8 Å². The van der Waals surface area contributed by atoms with Crippen LogP contribution in [-0.4, -0.2) is 74.0 Å². The molecule has 0 aliphatic carbocycles. The average molecular weight is 555 g/mol. The molecule has 1 amide bonds. The van der Waals surface area contributed by atoms with Crippen LogP contribution in [0.15, 0.2) is 41.6 Å². The van der Waals surface area contributed by atoms with Crippen molar-refractivity contribution in [2.75, 3.05) is 54.7 Å². The fourth-order valence-electron chi connectivity index (χ4n) is 4.20. The van der Waals surface area contributed by atoms with Crippen molar-refractivity contribution in [3.8, 4) is 22.9 Å². The van der Waals surface area contributed by atoms with Gasteiger partial charge in [0.1, 0.15) is 23.8 Å². The summed E-state index contributed by atoms with van der Waals surface area (Å²) in [6.45, 7) is 7.93. The van der Waals surface area contributed by atoms with Gasteiger partial charge in [0.15, 0.2) is 20.6 Å². The summed E-state index contributed by atoms with van der Waals surface area (Å²) >= 11 is 0. The number of anilines is 4. The number of pyridine rings is 3. The lowest BCUT2D eigenvalue weighted by atomic mass is 10.1. The van der Waals surface area contributed by atoms with E-state index in [1.807, 2.05) is 18.7 Å². The maximum Gasteiger partial charge on any atom is 0.258 e. The van der Waals surface area contributed by atoms with Gasteiger partial charge in [0, 0.05) is 55.8 Å². The summed E-state index contributed by atoms with van der Waals surface area (Å²) < 4.78 is 42.3. The van der Waals surface area contributed by atoms with Crippen LogP contribution in [-0.2, 0) is 19.4 Å². The van der Waals surface area contributed by atoms with E-state index >= 15 is 0 Å². The number of aromatic nitrogens is 3. The van der Waals surface area contributed by atoms with Gasteiger partial charge in [-0.2, -0.15) is 0 Å². The molecule has 3 aromatic heterocycles. The minimum absolute atomic E-state index is 0.0635. The second-order valence-corrected chi connectivity index (χ2v) is 12.0. The molecule has 2 N–H and O–H groups in total. The molecule has 0 saturated carbocycles. The number of nitrogens with one attached hydrogen (secondary N) is 2. The first kappa shape index (κ1) is 26.6. The Morgan fingerprint density at radius 3 is 2.56 bits per heavy atom. The van der Waals surface area contributed by atoms with Crippen molar-refractivity contribution in [2.24, 2.45) is 0 Å². The van der Waals surface area contributed by atoms with E-state index in [9.17, 15) is 13.2 Å². The molecule has 0 spiro atoms. The number of hydrogen-bond donors (Lipinski definition) is 2. The number of sulfone groups is 1. The minimum atomic E-state index is -3.61. The highest BCUT2D eigenvalue weighted by atomic mass is 32.2. The smallest absolute Gasteiger partial charge is 0.258 e. The number of nitrogens with zero attached hydrogens (tertiary/aromatic N) is 4. The molecule has 1 saturated heterocycles. The van der Waals surface area contributed by atoms with Crippen molar-refractivity contribution >= 4 is 38.8 Å². The maximum absolute atomic E-state index is 12.5. The third kappa shape index (κ3) is 6.20. The van der Waals surface area contributed by atoms with Gasteiger partial charge in [-0.1, -0.05) is 0 Å². The van der Waals surface area contributed by atoms with Crippen LogP contribution in [0.5, 0.6) is 11.6 Å². The van der Waals surface area contributed by atoms with Crippen molar-refractivity contribution in [3.63, 3.8) is 0 Å². The summed E-state index contributed by atoms with van der Waals surface area (Å²) in [6, 6.07) is 8.54. The highest BCUT2D eigenvalue weighted by Crippen LogP contribution is 2.38. The van der Waals surface area contributed by atoms with Crippen molar-refractivity contribution in [2.45, 2.75) is 31.4 Å². The monoisotopic (exact) mass is 554 g/mol. The molecule has 12 nitrogen and oxygen atoms in total. The molecule has 39 heavy (non-hydrogen) atoms. The highest BCUT2D eigenvalue weighted by Gasteiger charge is 2.29. The van der Waals surface area contributed by atoms with E-state index in [0.29, 0.717) is 78.8 Å². The topological polar surface area (TPSA) is 145 Å². The summed E-state index contributed by atoms with van der Waals surface area (Å²) in [5, 5.41) is 5.85. The first-order valence-corrected chi connectivity index (χ1v) is 14.3. The van der Waals surface area contributed by atoms with Crippen molar-refractivity contribution in [3.05, 3.63) is 36.5 Å². The molecule has 206 valence electrons. The summed E-state index contributed by atoms with van der Waals surface area (Å²) in [5.74, 6) is 1.22. The maximum atomic E-state index is 12.5. The third-order valence-corrected chi connectivity index (χ3v) is 7.03. The van der Waals surface area contributed by atoms with Gasteiger partial charge in [-0.05, 0) is 32.0 Å². The van der Waals surface area contributed by atoms with E-state index in [0.717, 1.165) is 6.26 Å². The number of hydrogen-bond acceptors (Lipinski definition) is 11. The van der Waals surface area contributed by atoms with Gasteiger partial charge in [0.2, 0.25) is 5.91 Å². The van der Waals surface area contributed by atoms with Crippen molar-refractivity contribution in [1.82, 2.24) is 15.0 Å². The number of morpholine rings is 1. The number of fused-ring (bicyclic) bond motifs is 1. The van der Waals surface area contributed by atoms with Crippen LogP contribution in [0.4, 0.5) is 23.0 Å². The highest BCUT2D eigenvalue weighted by molar-refractivity contribution is 7.90. The second kappa shape index (κ2) is 10.3. The number of amides is 1. The Labute approximate surface area is 226 Å². The number of ether oxygens (including phenoxy) is 3. The molecular weight excluding hydrogens is 524 g/mol. The molecule has 0 aromatic carbocycles. The third-order valence-electron chi connectivity index (χ3n) is 6.06. The summed E-state index contributed by atoms with van der Waals surface area (Å²) in [5.41, 5.74) is 1.78. The zero-order valence-corrected chi connectivity index (χ0v) is 23.0. The van der Waals surface area contributed by atoms with Gasteiger partial charge in [-0.15, -0.1) is 0 Å². The molecule has 0 bridgehead atoms. The first-order chi connectivity index (χ1) is 18.5. The van der Waals surface area contributed by atoms with Gasteiger partial charge >= 0.3 is 0 Å². The molecule has 1 fully saturated rings. The Bertz CT molecular complexity index is 1520. The van der Waals surface area contributed by atoms with Crippen LogP contribution < -0.4 is 25.0 Å². The fraction of sp³-hybridized carbons (Fsp3) is 0.385. The predicted molar refractivity (Wildman–Crippen MR) is 146 cm³/mol. The van der Waals surface area contributed by atoms with E-state index in [1.54, 1.807) is 36.5 Å². The lowest BCUT2D eigenvalue weighted by Gasteiger charge is -2.31. The second-order valence-electron chi connectivity index (χ2n) is 9.99. The van der Waals surface area contributed by atoms with Gasteiger partial charge in [-0.3, -0.25) is 4.79 Å². The largest absolute Gasteiger partial charge is 0.484 e. The standard InChI is InChI=1S/C26H30N6O6S/c1-16(33)28-22-13-20(18(14-27-22)19-5-6-21-25(30-19)38-26(2,3)15-37-21)29-23-11-17(32-7-9-36-10-8-32)12-24(31-23)39(4,34)35/h5-6,11-14H,7-10,15H2,1-4H3,(H2,27,28,29,31,33). The molecule has 0 unspecified atom stereocenters. The van der Waals surface area contributed by atoms with Crippen LogP contribution in [0.2, 0.25) is 0 Å². The zero-order chi connectivity index (χ0) is 27.8. The average Bonchev–Trinajstić information content (AvgIpc) is 2.87. The molecular formula is C26H30N6O6S. The van der Waals surface area contributed by atoms with E-state index < -0.39 is 15.4 Å². The van der Waals surface area contributed by atoms with E-state index in [2.05, 4.69) is 25.6 Å². The van der Waals surface area contributed by atoms with Gasteiger partial charge < -0.3 is 29.7 Å². The number of carbonyl (C=O) groups excluding carboxylic acids is 1. The van der Waals surface area contributed by atoms with Crippen LogP contribution in [0, 0.1) is 0 Å². The molecule has 2 aliphatic rings. The predicted octanol–water partition coefficient (Wildman–Crippen LogP) is 3.03. The first-order valence-electron chi connectivity index (χ1n) is 12.4. The van der Waals surface area contributed by atoms with Gasteiger partial charge in [0.05, 0.1) is 24.6 Å². The molecule has 0 atom stereocenters. The lowest BCUT2D eigenvalue weighted by molar-refractivity contribution is -0.114. The summed E-state index contributed by atoms with van der Waals surface area (Å²) in [7, 11) is -3.61. The fourth-order valence-corrected chi connectivity index (χ4v) is 4.80. The summed E-state index contributed by atoms with van der Waals surface area (Å²) in [6.07, 6.45) is 2.69. The molecule has 5 heterocycles. The van der Waals surface area contributed by atoms with Crippen molar-refractivity contribution in [1.29, 1.82) is 0 Å². The molecule has 3 aromatic rings. The normalized spacial score (nSPS) is 16.5.